The van der Waals surface area contributed by atoms with Gasteiger partial charge in [0.2, 0.25) is 0 Å². The molecule has 0 aromatic carbocycles. The molecule has 1 aromatic heterocycles. The molecule has 0 radical (unpaired) electrons. The van der Waals surface area contributed by atoms with Crippen molar-refractivity contribution in [3.63, 3.8) is 0 Å². The van der Waals surface area contributed by atoms with Crippen LogP contribution in [0.15, 0.2) is 12.4 Å². The lowest BCUT2D eigenvalue weighted by Crippen LogP contribution is -2.35. The van der Waals surface area contributed by atoms with Crippen LogP contribution in [0.25, 0.3) is 0 Å². The van der Waals surface area contributed by atoms with Gasteiger partial charge in [0.15, 0.2) is 6.10 Å². The Kier molecular flexibility index (Phi) is 5.80. The number of hydrogen-bond acceptors (Lipinski definition) is 10. The summed E-state index contributed by atoms with van der Waals surface area (Å²) in [4.78, 5) is 18.7. The van der Waals surface area contributed by atoms with Crippen LogP contribution in [0.1, 0.15) is 17.5 Å². The second-order valence-corrected chi connectivity index (χ2v) is 5.11. The molecule has 1 aliphatic heterocycles. The van der Waals surface area contributed by atoms with E-state index >= 15 is 0 Å². The van der Waals surface area contributed by atoms with Gasteiger partial charge < -0.3 is 35.0 Å². The molecule has 1 saturated heterocycles. The van der Waals surface area contributed by atoms with Gasteiger partial charge in [-0.1, -0.05) is 0 Å². The number of carbonyl (C=O) groups excluding carboxylic acids is 1. The molecule has 2 heterocycles. The van der Waals surface area contributed by atoms with Crippen LogP contribution in [-0.2, 0) is 15.9 Å². The Balaban J connectivity index is 1.95. The molecule has 23 heavy (non-hydrogen) atoms. The molecular weight excluding hydrogens is 312 g/mol. The fraction of sp³-hybridized carbons (Fsp3) is 0.615. The summed E-state index contributed by atoms with van der Waals surface area (Å²) in [6.07, 6.45) is -4.78. The maximum Gasteiger partial charge on any atom is 0.508 e. The van der Waals surface area contributed by atoms with Crippen LogP contribution in [0.5, 0.6) is 0 Å². The van der Waals surface area contributed by atoms with Crippen molar-refractivity contribution < 1.29 is 39.8 Å². The number of ether oxygens (including phenoxy) is 2. The summed E-state index contributed by atoms with van der Waals surface area (Å²) < 4.78 is 9.32. The van der Waals surface area contributed by atoms with Crippen LogP contribution in [0, 0.1) is 0 Å². The van der Waals surface area contributed by atoms with Gasteiger partial charge in [-0.25, -0.2) is 4.79 Å². The first kappa shape index (κ1) is 17.5. The minimum Gasteiger partial charge on any atom is -0.430 e. The Labute approximate surface area is 131 Å². The van der Waals surface area contributed by atoms with Gasteiger partial charge in [0.05, 0.1) is 24.2 Å². The fourth-order valence-corrected chi connectivity index (χ4v) is 1.99. The molecule has 5 unspecified atom stereocenters. The number of aliphatic hydroxyl groups is 5. The smallest absolute Gasteiger partial charge is 0.430 e. The minimum absolute atomic E-state index is 0.00105. The van der Waals surface area contributed by atoms with E-state index < -0.39 is 43.3 Å². The molecule has 0 spiro atoms. The van der Waals surface area contributed by atoms with E-state index in [1.165, 1.54) is 12.4 Å². The third-order valence-corrected chi connectivity index (χ3v) is 3.39. The highest BCUT2D eigenvalue weighted by Gasteiger charge is 2.32. The summed E-state index contributed by atoms with van der Waals surface area (Å²) in [5, 5.41) is 47.3. The molecule has 1 fully saturated rings. The third-order valence-electron chi connectivity index (χ3n) is 3.39. The lowest BCUT2D eigenvalue weighted by Gasteiger charge is -2.21. The van der Waals surface area contributed by atoms with Gasteiger partial charge in [-0.05, 0) is 0 Å². The van der Waals surface area contributed by atoms with Crippen LogP contribution in [0.2, 0.25) is 0 Å². The predicted molar refractivity (Wildman–Crippen MR) is 72.0 cm³/mol. The Bertz CT molecular complexity index is 525. The molecule has 1 aromatic rings. The van der Waals surface area contributed by atoms with Gasteiger partial charge in [0.1, 0.15) is 31.0 Å². The number of carbonyl (C=O) groups is 1. The van der Waals surface area contributed by atoms with E-state index in [0.717, 1.165) is 0 Å². The number of hydrogen-bond donors (Lipinski definition) is 5. The Morgan fingerprint density at radius 3 is 2.48 bits per heavy atom. The van der Waals surface area contributed by atoms with Crippen molar-refractivity contribution in [1.29, 1.82) is 0 Å². The quantitative estimate of drug-likeness (QED) is 0.342. The molecule has 5 N–H and O–H groups in total. The molecular formula is C13H18N2O8. The van der Waals surface area contributed by atoms with E-state index in [9.17, 15) is 25.2 Å². The van der Waals surface area contributed by atoms with Crippen molar-refractivity contribution in [2.75, 3.05) is 13.2 Å². The molecule has 10 nitrogen and oxygen atoms in total. The lowest BCUT2D eigenvalue weighted by atomic mass is 10.1. The molecule has 2 rings (SSSR count). The Morgan fingerprint density at radius 2 is 1.96 bits per heavy atom. The standard InChI is InChI=1S/C13H18N2O8/c16-4-9(18)12(20)11(19)7-3-14-6(2-15-7)1-8(17)10-5-22-13(21)23-10/h2-3,8-12,16-20H,1,4-5H2. The molecule has 0 saturated carbocycles. The van der Waals surface area contributed by atoms with Crippen LogP contribution in [0.3, 0.4) is 0 Å². The van der Waals surface area contributed by atoms with Gasteiger partial charge in [0.25, 0.3) is 0 Å². The van der Waals surface area contributed by atoms with Gasteiger partial charge in [-0.15, -0.1) is 0 Å². The monoisotopic (exact) mass is 330 g/mol. The minimum atomic E-state index is -1.61. The molecule has 0 amide bonds. The lowest BCUT2D eigenvalue weighted by molar-refractivity contribution is -0.0790. The number of aromatic nitrogens is 2. The Morgan fingerprint density at radius 1 is 1.22 bits per heavy atom. The van der Waals surface area contributed by atoms with E-state index in [2.05, 4.69) is 14.7 Å². The zero-order chi connectivity index (χ0) is 17.0. The highest BCUT2D eigenvalue weighted by atomic mass is 16.8. The zero-order valence-corrected chi connectivity index (χ0v) is 12.0. The first-order valence-electron chi connectivity index (χ1n) is 6.89. The van der Waals surface area contributed by atoms with Gasteiger partial charge in [-0.3, -0.25) is 9.97 Å². The first-order valence-corrected chi connectivity index (χ1v) is 6.89. The maximum absolute atomic E-state index is 10.8. The van der Waals surface area contributed by atoms with Gasteiger partial charge in [-0.2, -0.15) is 0 Å². The second-order valence-electron chi connectivity index (χ2n) is 5.11. The van der Waals surface area contributed by atoms with Crippen LogP contribution < -0.4 is 0 Å². The van der Waals surface area contributed by atoms with E-state index in [0.29, 0.717) is 5.69 Å². The fourth-order valence-electron chi connectivity index (χ4n) is 1.99. The van der Waals surface area contributed by atoms with Crippen molar-refractivity contribution in [2.24, 2.45) is 0 Å². The number of aliphatic hydroxyl groups excluding tert-OH is 5. The van der Waals surface area contributed by atoms with Gasteiger partial charge in [0, 0.05) is 12.6 Å². The predicted octanol–water partition coefficient (Wildman–Crippen LogP) is -2.34. The largest absolute Gasteiger partial charge is 0.508 e. The van der Waals surface area contributed by atoms with Crippen molar-refractivity contribution in [2.45, 2.75) is 36.9 Å². The summed E-state index contributed by atoms with van der Waals surface area (Å²) in [7, 11) is 0. The van der Waals surface area contributed by atoms with Crippen LogP contribution in [-0.4, -0.2) is 79.3 Å². The van der Waals surface area contributed by atoms with Crippen molar-refractivity contribution in [3.8, 4) is 0 Å². The average molecular weight is 330 g/mol. The number of cyclic esters (lactones) is 2. The summed E-state index contributed by atoms with van der Waals surface area (Å²) in [5.41, 5.74) is 0.368. The molecule has 0 bridgehead atoms. The SMILES string of the molecule is O=C1OCC(C(O)Cc2cnc(C(O)C(O)C(O)CO)cn2)O1. The Hall–Kier alpha value is -1.85. The second kappa shape index (κ2) is 7.62. The molecule has 10 heteroatoms. The van der Waals surface area contributed by atoms with E-state index in [4.69, 9.17) is 9.84 Å². The summed E-state index contributed by atoms with van der Waals surface area (Å²) >= 11 is 0. The molecule has 5 atom stereocenters. The first-order chi connectivity index (χ1) is 10.9. The van der Waals surface area contributed by atoms with Crippen molar-refractivity contribution >= 4 is 6.16 Å². The third kappa shape index (κ3) is 4.33. The highest BCUT2D eigenvalue weighted by molar-refractivity contribution is 5.61. The molecule has 128 valence electrons. The van der Waals surface area contributed by atoms with Crippen LogP contribution in [0.4, 0.5) is 4.79 Å². The van der Waals surface area contributed by atoms with Crippen molar-refractivity contribution in [1.82, 2.24) is 9.97 Å². The summed E-state index contributed by atoms with van der Waals surface area (Å²) in [5.74, 6) is 0. The summed E-state index contributed by atoms with van der Waals surface area (Å²) in [6.45, 7) is -0.756. The molecule has 0 aliphatic carbocycles. The topological polar surface area (TPSA) is 162 Å². The number of nitrogens with zero attached hydrogens (tertiary/aromatic N) is 2. The molecule has 1 aliphatic rings. The highest BCUT2D eigenvalue weighted by Crippen LogP contribution is 2.17. The van der Waals surface area contributed by atoms with Crippen molar-refractivity contribution in [3.05, 3.63) is 23.8 Å². The normalized spacial score (nSPS) is 22.8. The maximum atomic E-state index is 10.8. The van der Waals surface area contributed by atoms with E-state index in [1.54, 1.807) is 0 Å². The van der Waals surface area contributed by atoms with Gasteiger partial charge >= 0.3 is 6.16 Å². The van der Waals surface area contributed by atoms with Crippen LogP contribution >= 0.6 is 0 Å². The zero-order valence-electron chi connectivity index (χ0n) is 12.0. The summed E-state index contributed by atoms with van der Waals surface area (Å²) in [6, 6.07) is 0. The average Bonchev–Trinajstić information content (AvgIpc) is 3.00. The van der Waals surface area contributed by atoms with E-state index in [-0.39, 0.29) is 18.7 Å². The number of rotatable bonds is 7. The van der Waals surface area contributed by atoms with E-state index in [1.807, 2.05) is 0 Å².